The number of aromatic nitrogens is 2. The molecule has 1 aromatic rings. The summed E-state index contributed by atoms with van der Waals surface area (Å²) in [4.78, 5) is 15.5. The van der Waals surface area contributed by atoms with Crippen LogP contribution in [0, 0.1) is 12.8 Å². The second kappa shape index (κ2) is 6.22. The summed E-state index contributed by atoms with van der Waals surface area (Å²) in [5, 5.41) is 6.55. The second-order valence-corrected chi connectivity index (χ2v) is 3.75. The number of carbonyl (C=O) groups excluding carboxylic acids is 1. The summed E-state index contributed by atoms with van der Waals surface area (Å²) in [6.45, 7) is 4.64. The standard InChI is InChI=1S/C10H18N4O2/c1-7(3-5-11)10(15)12-6-4-9-13-8(2)16-14-9/h7H,3-6,11H2,1-2H3,(H,12,15). The lowest BCUT2D eigenvalue weighted by atomic mass is 10.1. The van der Waals surface area contributed by atoms with Crippen LogP contribution in [0.2, 0.25) is 0 Å². The largest absolute Gasteiger partial charge is 0.355 e. The van der Waals surface area contributed by atoms with E-state index in [1.165, 1.54) is 0 Å². The van der Waals surface area contributed by atoms with Crippen LogP contribution in [0.15, 0.2) is 4.52 Å². The highest BCUT2D eigenvalue weighted by Crippen LogP contribution is 2.00. The average Bonchev–Trinajstić information content (AvgIpc) is 2.64. The first-order valence-electron chi connectivity index (χ1n) is 5.40. The van der Waals surface area contributed by atoms with E-state index in [0.29, 0.717) is 37.6 Å². The molecule has 0 bridgehead atoms. The van der Waals surface area contributed by atoms with E-state index in [-0.39, 0.29) is 11.8 Å². The Morgan fingerprint density at radius 2 is 2.38 bits per heavy atom. The highest BCUT2D eigenvalue weighted by Gasteiger charge is 2.11. The first-order valence-corrected chi connectivity index (χ1v) is 5.40. The van der Waals surface area contributed by atoms with Crippen LogP contribution >= 0.6 is 0 Å². The minimum atomic E-state index is -0.0444. The fraction of sp³-hybridized carbons (Fsp3) is 0.700. The van der Waals surface area contributed by atoms with Gasteiger partial charge in [-0.1, -0.05) is 12.1 Å². The number of nitrogens with two attached hydrogens (primary N) is 1. The molecule has 16 heavy (non-hydrogen) atoms. The van der Waals surface area contributed by atoms with Gasteiger partial charge in [-0.2, -0.15) is 4.98 Å². The summed E-state index contributed by atoms with van der Waals surface area (Å²) in [6, 6.07) is 0. The van der Waals surface area contributed by atoms with Crippen LogP contribution in [0.3, 0.4) is 0 Å². The summed E-state index contributed by atoms with van der Waals surface area (Å²) in [5.74, 6) is 1.13. The lowest BCUT2D eigenvalue weighted by molar-refractivity contribution is -0.124. The molecule has 1 unspecified atom stereocenters. The molecule has 1 aromatic heterocycles. The fourth-order valence-corrected chi connectivity index (χ4v) is 1.30. The molecule has 0 saturated carbocycles. The summed E-state index contributed by atoms with van der Waals surface area (Å²) < 4.78 is 4.82. The van der Waals surface area contributed by atoms with E-state index >= 15 is 0 Å². The van der Waals surface area contributed by atoms with E-state index in [1.807, 2.05) is 6.92 Å². The number of hydrogen-bond donors (Lipinski definition) is 2. The number of carbonyl (C=O) groups is 1. The monoisotopic (exact) mass is 226 g/mol. The van der Waals surface area contributed by atoms with Crippen molar-refractivity contribution in [2.45, 2.75) is 26.7 Å². The molecule has 0 fully saturated rings. The Kier molecular flexibility index (Phi) is 4.91. The van der Waals surface area contributed by atoms with Crippen molar-refractivity contribution in [2.75, 3.05) is 13.1 Å². The van der Waals surface area contributed by atoms with Gasteiger partial charge >= 0.3 is 0 Å². The minimum Gasteiger partial charge on any atom is -0.355 e. The molecule has 0 aliphatic heterocycles. The SMILES string of the molecule is Cc1nc(CCNC(=O)C(C)CCN)no1. The van der Waals surface area contributed by atoms with Crippen molar-refractivity contribution in [1.29, 1.82) is 0 Å². The van der Waals surface area contributed by atoms with Crippen LogP contribution in [-0.2, 0) is 11.2 Å². The summed E-state index contributed by atoms with van der Waals surface area (Å²) in [5.41, 5.74) is 5.38. The number of rotatable bonds is 6. The molecule has 0 aliphatic carbocycles. The first-order chi connectivity index (χ1) is 7.63. The molecule has 0 aliphatic rings. The zero-order valence-corrected chi connectivity index (χ0v) is 9.69. The van der Waals surface area contributed by atoms with Crippen LogP contribution in [0.4, 0.5) is 0 Å². The predicted octanol–water partition coefficient (Wildman–Crippen LogP) is 0.0216. The molecule has 3 N–H and O–H groups in total. The second-order valence-electron chi connectivity index (χ2n) is 3.75. The van der Waals surface area contributed by atoms with Gasteiger partial charge in [0.25, 0.3) is 0 Å². The Morgan fingerprint density at radius 3 is 2.94 bits per heavy atom. The normalized spacial score (nSPS) is 12.4. The van der Waals surface area contributed by atoms with E-state index < -0.39 is 0 Å². The van der Waals surface area contributed by atoms with Crippen molar-refractivity contribution < 1.29 is 9.32 Å². The van der Waals surface area contributed by atoms with E-state index in [0.717, 1.165) is 0 Å². The van der Waals surface area contributed by atoms with Gasteiger partial charge in [-0.3, -0.25) is 4.79 Å². The van der Waals surface area contributed by atoms with Crippen LogP contribution in [0.5, 0.6) is 0 Å². The van der Waals surface area contributed by atoms with Crippen molar-refractivity contribution in [1.82, 2.24) is 15.5 Å². The zero-order chi connectivity index (χ0) is 12.0. The molecular formula is C10H18N4O2. The summed E-state index contributed by atoms with van der Waals surface area (Å²) in [7, 11) is 0. The number of hydrogen-bond acceptors (Lipinski definition) is 5. The number of nitrogens with one attached hydrogen (secondary N) is 1. The molecule has 0 aromatic carbocycles. The highest BCUT2D eigenvalue weighted by molar-refractivity contribution is 5.78. The van der Waals surface area contributed by atoms with Crippen molar-refractivity contribution in [2.24, 2.45) is 11.7 Å². The number of aryl methyl sites for hydroxylation is 1. The third-order valence-electron chi connectivity index (χ3n) is 2.26. The maximum atomic E-state index is 11.5. The van der Waals surface area contributed by atoms with Crippen molar-refractivity contribution in [3.8, 4) is 0 Å². The topological polar surface area (TPSA) is 94.0 Å². The first kappa shape index (κ1) is 12.6. The number of amides is 1. The van der Waals surface area contributed by atoms with Crippen molar-refractivity contribution >= 4 is 5.91 Å². The quantitative estimate of drug-likeness (QED) is 0.713. The molecule has 0 spiro atoms. The van der Waals surface area contributed by atoms with Gasteiger partial charge in [0.2, 0.25) is 11.8 Å². The molecule has 1 rings (SSSR count). The number of nitrogens with zero attached hydrogens (tertiary/aromatic N) is 2. The predicted molar refractivity (Wildman–Crippen MR) is 58.6 cm³/mol. The van der Waals surface area contributed by atoms with E-state index in [4.69, 9.17) is 10.3 Å². The Bertz CT molecular complexity index is 337. The summed E-state index contributed by atoms with van der Waals surface area (Å²) >= 11 is 0. The summed E-state index contributed by atoms with van der Waals surface area (Å²) in [6.07, 6.45) is 1.28. The molecule has 1 atom stereocenters. The van der Waals surface area contributed by atoms with Gasteiger partial charge in [0.05, 0.1) is 0 Å². The van der Waals surface area contributed by atoms with E-state index in [9.17, 15) is 4.79 Å². The average molecular weight is 226 g/mol. The molecule has 0 radical (unpaired) electrons. The molecule has 1 heterocycles. The maximum absolute atomic E-state index is 11.5. The molecule has 1 amide bonds. The van der Waals surface area contributed by atoms with Crippen LogP contribution in [-0.4, -0.2) is 29.1 Å². The Balaban J connectivity index is 2.22. The van der Waals surface area contributed by atoms with Crippen LogP contribution in [0.25, 0.3) is 0 Å². The Morgan fingerprint density at radius 1 is 1.62 bits per heavy atom. The van der Waals surface area contributed by atoms with Crippen molar-refractivity contribution in [3.05, 3.63) is 11.7 Å². The van der Waals surface area contributed by atoms with Gasteiger partial charge in [-0.25, -0.2) is 0 Å². The van der Waals surface area contributed by atoms with E-state index in [2.05, 4.69) is 15.5 Å². The fourth-order valence-electron chi connectivity index (χ4n) is 1.30. The van der Waals surface area contributed by atoms with Gasteiger partial charge in [0.15, 0.2) is 5.82 Å². The van der Waals surface area contributed by atoms with Gasteiger partial charge < -0.3 is 15.6 Å². The molecular weight excluding hydrogens is 208 g/mol. The maximum Gasteiger partial charge on any atom is 0.223 e. The minimum absolute atomic E-state index is 0.0191. The smallest absolute Gasteiger partial charge is 0.223 e. The van der Waals surface area contributed by atoms with Crippen LogP contribution in [0.1, 0.15) is 25.1 Å². The third-order valence-corrected chi connectivity index (χ3v) is 2.26. The highest BCUT2D eigenvalue weighted by atomic mass is 16.5. The zero-order valence-electron chi connectivity index (χ0n) is 9.69. The molecule has 6 heteroatoms. The molecule has 0 saturated heterocycles. The van der Waals surface area contributed by atoms with Gasteiger partial charge in [-0.05, 0) is 13.0 Å². The Hall–Kier alpha value is -1.43. The van der Waals surface area contributed by atoms with E-state index in [1.54, 1.807) is 6.92 Å². The van der Waals surface area contributed by atoms with Gasteiger partial charge in [0.1, 0.15) is 0 Å². The Labute approximate surface area is 94.6 Å². The van der Waals surface area contributed by atoms with Crippen molar-refractivity contribution in [3.63, 3.8) is 0 Å². The molecule has 90 valence electrons. The van der Waals surface area contributed by atoms with Gasteiger partial charge in [0, 0.05) is 25.8 Å². The lowest BCUT2D eigenvalue weighted by Gasteiger charge is -2.09. The van der Waals surface area contributed by atoms with Crippen LogP contribution < -0.4 is 11.1 Å². The van der Waals surface area contributed by atoms with Gasteiger partial charge in [-0.15, -0.1) is 0 Å². The lowest BCUT2D eigenvalue weighted by Crippen LogP contribution is -2.32. The third kappa shape index (κ3) is 3.98. The molecule has 6 nitrogen and oxygen atoms in total.